The van der Waals surface area contributed by atoms with E-state index < -0.39 is 0 Å². The molecule has 0 radical (unpaired) electrons. The van der Waals surface area contributed by atoms with Crippen molar-refractivity contribution in [2.24, 2.45) is 0 Å². The summed E-state index contributed by atoms with van der Waals surface area (Å²) in [4.78, 5) is 12.2. The second-order valence-electron chi connectivity index (χ2n) is 5.15. The Hall–Kier alpha value is -2.81. The highest BCUT2D eigenvalue weighted by molar-refractivity contribution is 6.31. The molecule has 134 valence electrons. The molecule has 0 fully saturated rings. The van der Waals surface area contributed by atoms with Crippen molar-refractivity contribution in [3.63, 3.8) is 0 Å². The minimum Gasteiger partial charge on any atom is -0.506 e. The lowest BCUT2D eigenvalue weighted by Crippen LogP contribution is -2.10. The van der Waals surface area contributed by atoms with Gasteiger partial charge in [0.05, 0.1) is 5.69 Å². The van der Waals surface area contributed by atoms with Gasteiger partial charge in [-0.3, -0.25) is 5.21 Å². The van der Waals surface area contributed by atoms with E-state index in [1.807, 2.05) is 23.7 Å². The number of phenols is 1. The van der Waals surface area contributed by atoms with Crippen LogP contribution in [0.15, 0.2) is 42.5 Å². The second-order valence-corrected chi connectivity index (χ2v) is 5.99. The summed E-state index contributed by atoms with van der Waals surface area (Å²) in [5.41, 5.74) is 3.04. The molecule has 1 heterocycles. The SMILES string of the molecule is ONc1nc(NCc2ccccc2Cl)nc(Nc2cc(Cl)ccc2O)n1. The number of hydrogen-bond acceptors (Lipinski definition) is 8. The molecule has 0 spiro atoms. The van der Waals surface area contributed by atoms with Gasteiger partial charge in [0.1, 0.15) is 5.75 Å². The van der Waals surface area contributed by atoms with Gasteiger partial charge in [0.25, 0.3) is 5.95 Å². The summed E-state index contributed by atoms with van der Waals surface area (Å²) in [7, 11) is 0. The molecule has 0 atom stereocenters. The van der Waals surface area contributed by atoms with E-state index in [2.05, 4.69) is 25.6 Å². The summed E-state index contributed by atoms with van der Waals surface area (Å²) in [6.45, 7) is 0.371. The van der Waals surface area contributed by atoms with E-state index >= 15 is 0 Å². The van der Waals surface area contributed by atoms with Gasteiger partial charge in [0.15, 0.2) is 0 Å². The van der Waals surface area contributed by atoms with Crippen LogP contribution >= 0.6 is 23.2 Å². The zero-order valence-electron chi connectivity index (χ0n) is 13.2. The Bertz CT molecular complexity index is 925. The molecular formula is C16H14Cl2N6O2. The summed E-state index contributed by atoms with van der Waals surface area (Å²) in [6, 6.07) is 11.9. The molecule has 10 heteroatoms. The fourth-order valence-electron chi connectivity index (χ4n) is 2.11. The monoisotopic (exact) mass is 392 g/mol. The summed E-state index contributed by atoms with van der Waals surface area (Å²) >= 11 is 12.0. The molecule has 3 rings (SSSR count). The van der Waals surface area contributed by atoms with Crippen LogP contribution < -0.4 is 16.1 Å². The first-order valence-electron chi connectivity index (χ1n) is 7.44. The largest absolute Gasteiger partial charge is 0.506 e. The molecule has 26 heavy (non-hydrogen) atoms. The van der Waals surface area contributed by atoms with Crippen LogP contribution in [0.2, 0.25) is 10.0 Å². The zero-order chi connectivity index (χ0) is 18.5. The van der Waals surface area contributed by atoms with Gasteiger partial charge in [0.2, 0.25) is 11.9 Å². The number of aromatic nitrogens is 3. The highest BCUT2D eigenvalue weighted by Gasteiger charge is 2.10. The van der Waals surface area contributed by atoms with Crippen molar-refractivity contribution in [1.29, 1.82) is 0 Å². The number of anilines is 4. The third kappa shape index (κ3) is 4.42. The third-order valence-corrected chi connectivity index (χ3v) is 3.94. The quantitative estimate of drug-likeness (QED) is 0.315. The van der Waals surface area contributed by atoms with Gasteiger partial charge >= 0.3 is 0 Å². The molecule has 2 aromatic carbocycles. The van der Waals surface area contributed by atoms with Crippen LogP contribution in [0.1, 0.15) is 5.56 Å². The number of phenolic OH excluding ortho intramolecular Hbond substituents is 1. The molecule has 0 saturated heterocycles. The second kappa shape index (κ2) is 8.05. The normalized spacial score (nSPS) is 10.4. The zero-order valence-corrected chi connectivity index (χ0v) is 14.8. The van der Waals surface area contributed by atoms with Gasteiger partial charge in [0, 0.05) is 16.6 Å². The van der Waals surface area contributed by atoms with Crippen LogP contribution in [-0.4, -0.2) is 25.3 Å². The molecule has 8 nitrogen and oxygen atoms in total. The molecule has 0 saturated carbocycles. The highest BCUT2D eigenvalue weighted by atomic mass is 35.5. The van der Waals surface area contributed by atoms with Gasteiger partial charge in [-0.2, -0.15) is 15.0 Å². The number of aromatic hydroxyl groups is 1. The van der Waals surface area contributed by atoms with E-state index in [1.165, 1.54) is 12.1 Å². The lowest BCUT2D eigenvalue weighted by Gasteiger charge is -2.11. The van der Waals surface area contributed by atoms with E-state index in [9.17, 15) is 5.11 Å². The Morgan fingerprint density at radius 1 is 0.923 bits per heavy atom. The third-order valence-electron chi connectivity index (χ3n) is 3.34. The minimum absolute atomic E-state index is 0.0288. The van der Waals surface area contributed by atoms with Crippen molar-refractivity contribution < 1.29 is 10.3 Å². The van der Waals surface area contributed by atoms with E-state index in [0.29, 0.717) is 22.3 Å². The fourth-order valence-corrected chi connectivity index (χ4v) is 2.48. The smallest absolute Gasteiger partial charge is 0.253 e. The van der Waals surface area contributed by atoms with Gasteiger partial charge < -0.3 is 15.7 Å². The molecule has 1 aromatic heterocycles. The molecular weight excluding hydrogens is 379 g/mol. The summed E-state index contributed by atoms with van der Waals surface area (Å²) in [6.07, 6.45) is 0. The molecule has 3 aromatic rings. The summed E-state index contributed by atoms with van der Waals surface area (Å²) in [5.74, 6) is 0.181. The maximum atomic E-state index is 9.89. The van der Waals surface area contributed by atoms with E-state index in [4.69, 9.17) is 28.4 Å². The van der Waals surface area contributed by atoms with E-state index in [-0.39, 0.29) is 23.6 Å². The Kier molecular flexibility index (Phi) is 5.57. The van der Waals surface area contributed by atoms with Crippen LogP contribution in [0.3, 0.4) is 0 Å². The van der Waals surface area contributed by atoms with Crippen LogP contribution in [0.25, 0.3) is 0 Å². The number of hydrogen-bond donors (Lipinski definition) is 5. The van der Waals surface area contributed by atoms with Gasteiger partial charge in [-0.05, 0) is 29.8 Å². The molecule has 0 bridgehead atoms. The van der Waals surface area contributed by atoms with Crippen LogP contribution in [0, 0.1) is 0 Å². The Balaban J connectivity index is 1.82. The van der Waals surface area contributed by atoms with Crippen molar-refractivity contribution >= 4 is 46.7 Å². The Labute approximate surface area is 158 Å². The summed E-state index contributed by atoms with van der Waals surface area (Å²) < 4.78 is 0. The highest BCUT2D eigenvalue weighted by Crippen LogP contribution is 2.29. The minimum atomic E-state index is -0.0781. The van der Waals surface area contributed by atoms with E-state index in [0.717, 1.165) is 5.56 Å². The van der Waals surface area contributed by atoms with Crippen LogP contribution in [0.4, 0.5) is 23.5 Å². The number of benzene rings is 2. The number of nitrogens with zero attached hydrogens (tertiary/aromatic N) is 3. The molecule has 0 aliphatic rings. The first-order valence-corrected chi connectivity index (χ1v) is 8.20. The van der Waals surface area contributed by atoms with Gasteiger partial charge in [-0.15, -0.1) is 0 Å². The topological polar surface area (TPSA) is 115 Å². The molecule has 0 unspecified atom stereocenters. The maximum Gasteiger partial charge on any atom is 0.253 e. The van der Waals surface area contributed by atoms with Gasteiger partial charge in [-0.1, -0.05) is 41.4 Å². The molecule has 5 N–H and O–H groups in total. The first kappa shape index (κ1) is 18.0. The van der Waals surface area contributed by atoms with Crippen molar-refractivity contribution in [1.82, 2.24) is 15.0 Å². The first-order chi connectivity index (χ1) is 12.5. The van der Waals surface area contributed by atoms with Crippen molar-refractivity contribution in [2.75, 3.05) is 16.1 Å². The maximum absolute atomic E-state index is 9.89. The van der Waals surface area contributed by atoms with Crippen molar-refractivity contribution in [3.8, 4) is 5.75 Å². The standard InChI is InChI=1S/C16H14Cl2N6O2/c17-10-5-6-13(25)12(7-10)20-15-21-14(22-16(23-15)24-26)19-8-9-3-1-2-4-11(9)18/h1-7,25-26H,8H2,(H3,19,20,21,22,23,24). The average Bonchev–Trinajstić information content (AvgIpc) is 2.64. The fraction of sp³-hybridized carbons (Fsp3) is 0.0625. The molecule has 0 amide bonds. The predicted octanol–water partition coefficient (Wildman–Crippen LogP) is 4.04. The van der Waals surface area contributed by atoms with Crippen LogP contribution in [-0.2, 0) is 6.54 Å². The average molecular weight is 393 g/mol. The lowest BCUT2D eigenvalue weighted by atomic mass is 10.2. The Morgan fingerprint density at radius 3 is 2.42 bits per heavy atom. The molecule has 0 aliphatic heterocycles. The Morgan fingerprint density at radius 2 is 1.65 bits per heavy atom. The van der Waals surface area contributed by atoms with Crippen LogP contribution in [0.5, 0.6) is 5.75 Å². The van der Waals surface area contributed by atoms with Crippen molar-refractivity contribution in [3.05, 3.63) is 58.1 Å². The lowest BCUT2D eigenvalue weighted by molar-refractivity contribution is 0.382. The number of nitrogens with one attached hydrogen (secondary N) is 3. The number of rotatable bonds is 6. The predicted molar refractivity (Wildman–Crippen MR) is 100 cm³/mol. The van der Waals surface area contributed by atoms with Gasteiger partial charge in [-0.25, -0.2) is 5.48 Å². The summed E-state index contributed by atoms with van der Waals surface area (Å²) in [5, 5.41) is 25.9. The molecule has 0 aliphatic carbocycles. The number of halogens is 2. The van der Waals surface area contributed by atoms with Crippen molar-refractivity contribution in [2.45, 2.75) is 6.54 Å². The van der Waals surface area contributed by atoms with E-state index in [1.54, 1.807) is 12.1 Å².